The van der Waals surface area contributed by atoms with Gasteiger partial charge in [0, 0.05) is 45.2 Å². The zero-order valence-corrected chi connectivity index (χ0v) is 19.1. The second-order valence-electron chi connectivity index (χ2n) is 7.17. The van der Waals surface area contributed by atoms with E-state index < -0.39 is 0 Å². The zero-order chi connectivity index (χ0) is 18.7. The lowest BCUT2D eigenvalue weighted by molar-refractivity contribution is 0.198. The lowest BCUT2D eigenvalue weighted by Crippen LogP contribution is -2.49. The van der Waals surface area contributed by atoms with Crippen LogP contribution in [0.1, 0.15) is 37.5 Å². The molecular formula is C22H33IN4O. The Morgan fingerprint density at radius 3 is 2.61 bits per heavy atom. The molecule has 28 heavy (non-hydrogen) atoms. The number of hydrogen-bond acceptors (Lipinski definition) is 3. The van der Waals surface area contributed by atoms with Crippen molar-refractivity contribution in [3.63, 3.8) is 0 Å². The first-order valence-corrected chi connectivity index (χ1v) is 10.2. The maximum absolute atomic E-state index is 5.40. The molecule has 0 spiro atoms. The number of likely N-dealkylation sites (tertiary alicyclic amines) is 1. The van der Waals surface area contributed by atoms with Crippen molar-refractivity contribution >= 4 is 29.9 Å². The summed E-state index contributed by atoms with van der Waals surface area (Å²) in [5, 5.41) is 7.09. The summed E-state index contributed by atoms with van der Waals surface area (Å²) in [5.41, 5.74) is 1.40. The van der Waals surface area contributed by atoms with Gasteiger partial charge in [0.1, 0.15) is 5.76 Å². The van der Waals surface area contributed by atoms with Crippen LogP contribution in [0.25, 0.3) is 0 Å². The molecule has 3 rings (SSSR count). The summed E-state index contributed by atoms with van der Waals surface area (Å²) in [6, 6.07) is 15.2. The van der Waals surface area contributed by atoms with E-state index in [1.54, 1.807) is 6.26 Å². The topological polar surface area (TPSA) is 52.8 Å². The standard InChI is InChI=1S/C22H32N4O.HI/c1-2-13-23-22(24-14-10-21-9-6-17-27-21)25-20-11-15-26(16-12-20)18-19-7-4-3-5-8-19;/h3-9,17,20H,2,10-16,18H2,1H3,(H2,23,24,25);1H. The predicted octanol–water partition coefficient (Wildman–Crippen LogP) is 4.05. The summed E-state index contributed by atoms with van der Waals surface area (Å²) in [6.07, 6.45) is 5.95. The third-order valence-corrected chi connectivity index (χ3v) is 4.91. The fraction of sp³-hybridized carbons (Fsp3) is 0.500. The van der Waals surface area contributed by atoms with Crippen LogP contribution in [-0.4, -0.2) is 43.1 Å². The fourth-order valence-corrected chi connectivity index (χ4v) is 3.41. The molecule has 154 valence electrons. The van der Waals surface area contributed by atoms with Gasteiger partial charge in [0.05, 0.1) is 6.26 Å². The zero-order valence-electron chi connectivity index (χ0n) is 16.8. The largest absolute Gasteiger partial charge is 0.469 e. The number of benzene rings is 1. The first-order chi connectivity index (χ1) is 13.3. The minimum Gasteiger partial charge on any atom is -0.469 e. The molecule has 6 heteroatoms. The normalized spacial score (nSPS) is 15.8. The minimum atomic E-state index is 0. The van der Waals surface area contributed by atoms with Gasteiger partial charge < -0.3 is 15.1 Å². The molecule has 2 aromatic rings. The van der Waals surface area contributed by atoms with E-state index in [9.17, 15) is 0 Å². The van der Waals surface area contributed by atoms with Crippen molar-refractivity contribution in [2.75, 3.05) is 26.2 Å². The van der Waals surface area contributed by atoms with Gasteiger partial charge >= 0.3 is 0 Å². The molecule has 0 unspecified atom stereocenters. The molecule has 2 N–H and O–H groups in total. The molecule has 1 aliphatic heterocycles. The molecule has 5 nitrogen and oxygen atoms in total. The van der Waals surface area contributed by atoms with Gasteiger partial charge in [-0.1, -0.05) is 37.3 Å². The Morgan fingerprint density at radius 2 is 1.93 bits per heavy atom. The Kier molecular flexibility index (Phi) is 10.4. The van der Waals surface area contributed by atoms with E-state index in [4.69, 9.17) is 9.41 Å². The van der Waals surface area contributed by atoms with Crippen LogP contribution in [0.15, 0.2) is 58.1 Å². The summed E-state index contributed by atoms with van der Waals surface area (Å²) in [7, 11) is 0. The first-order valence-electron chi connectivity index (χ1n) is 10.2. The fourth-order valence-electron chi connectivity index (χ4n) is 3.41. The lowest BCUT2D eigenvalue weighted by Gasteiger charge is -2.33. The van der Waals surface area contributed by atoms with E-state index in [0.29, 0.717) is 6.04 Å². The van der Waals surface area contributed by atoms with Gasteiger partial charge in [0.25, 0.3) is 0 Å². The van der Waals surface area contributed by atoms with E-state index in [1.165, 1.54) is 5.56 Å². The van der Waals surface area contributed by atoms with E-state index in [2.05, 4.69) is 52.8 Å². The van der Waals surface area contributed by atoms with Crippen molar-refractivity contribution in [3.8, 4) is 0 Å². The van der Waals surface area contributed by atoms with E-state index in [-0.39, 0.29) is 24.0 Å². The van der Waals surface area contributed by atoms with Crippen LogP contribution in [-0.2, 0) is 13.0 Å². The Hall–Kier alpha value is -1.54. The Bertz CT molecular complexity index is 667. The number of nitrogens with zero attached hydrogens (tertiary/aromatic N) is 2. The van der Waals surface area contributed by atoms with Crippen molar-refractivity contribution in [2.24, 2.45) is 4.99 Å². The molecular weight excluding hydrogens is 463 g/mol. The molecule has 1 saturated heterocycles. The Morgan fingerprint density at radius 1 is 1.14 bits per heavy atom. The number of nitrogens with one attached hydrogen (secondary N) is 2. The van der Waals surface area contributed by atoms with E-state index in [1.807, 2.05) is 12.1 Å². The molecule has 0 bridgehead atoms. The molecule has 0 amide bonds. The highest BCUT2D eigenvalue weighted by atomic mass is 127. The molecule has 0 aliphatic carbocycles. The summed E-state index contributed by atoms with van der Waals surface area (Å²) in [5.74, 6) is 1.94. The van der Waals surface area contributed by atoms with Crippen molar-refractivity contribution in [1.82, 2.24) is 15.5 Å². The average molecular weight is 496 g/mol. The van der Waals surface area contributed by atoms with Crippen LogP contribution in [0.2, 0.25) is 0 Å². The van der Waals surface area contributed by atoms with E-state index in [0.717, 1.165) is 70.1 Å². The number of furan rings is 1. The minimum absolute atomic E-state index is 0. The van der Waals surface area contributed by atoms with Crippen molar-refractivity contribution in [2.45, 2.75) is 45.2 Å². The summed E-state index contributed by atoms with van der Waals surface area (Å²) in [4.78, 5) is 7.23. The van der Waals surface area contributed by atoms with Gasteiger partial charge in [-0.3, -0.25) is 9.89 Å². The van der Waals surface area contributed by atoms with Crippen LogP contribution in [0.4, 0.5) is 0 Å². The van der Waals surface area contributed by atoms with Crippen LogP contribution < -0.4 is 10.6 Å². The van der Waals surface area contributed by atoms with Crippen molar-refractivity contribution < 1.29 is 4.42 Å². The molecule has 1 aromatic carbocycles. The van der Waals surface area contributed by atoms with Crippen LogP contribution in [0.3, 0.4) is 0 Å². The van der Waals surface area contributed by atoms with Gasteiger partial charge in [-0.2, -0.15) is 0 Å². The van der Waals surface area contributed by atoms with Gasteiger partial charge in [0.15, 0.2) is 5.96 Å². The molecule has 1 aliphatic rings. The predicted molar refractivity (Wildman–Crippen MR) is 126 cm³/mol. The molecule has 2 heterocycles. The summed E-state index contributed by atoms with van der Waals surface area (Å²) < 4.78 is 5.40. The Balaban J connectivity index is 0.00000280. The van der Waals surface area contributed by atoms with Crippen LogP contribution in [0.5, 0.6) is 0 Å². The lowest BCUT2D eigenvalue weighted by atomic mass is 10.0. The molecule has 1 aromatic heterocycles. The summed E-state index contributed by atoms with van der Waals surface area (Å²) in [6.45, 7) is 7.14. The second-order valence-corrected chi connectivity index (χ2v) is 7.17. The van der Waals surface area contributed by atoms with Gasteiger partial charge in [-0.25, -0.2) is 0 Å². The number of hydrogen-bond donors (Lipinski definition) is 2. The maximum atomic E-state index is 5.40. The van der Waals surface area contributed by atoms with Crippen LogP contribution >= 0.6 is 24.0 Å². The monoisotopic (exact) mass is 496 g/mol. The highest BCUT2D eigenvalue weighted by Gasteiger charge is 2.20. The molecule has 0 atom stereocenters. The summed E-state index contributed by atoms with van der Waals surface area (Å²) >= 11 is 0. The third kappa shape index (κ3) is 7.83. The SMILES string of the molecule is CCCN=C(NCCc1ccco1)NC1CCN(Cc2ccccc2)CC1.I. The highest BCUT2D eigenvalue weighted by Crippen LogP contribution is 2.13. The van der Waals surface area contributed by atoms with Crippen molar-refractivity contribution in [3.05, 3.63) is 60.1 Å². The number of rotatable bonds is 8. The van der Waals surface area contributed by atoms with Gasteiger partial charge in [-0.05, 0) is 37.0 Å². The maximum Gasteiger partial charge on any atom is 0.191 e. The van der Waals surface area contributed by atoms with Crippen molar-refractivity contribution in [1.29, 1.82) is 0 Å². The smallest absolute Gasteiger partial charge is 0.191 e. The second kappa shape index (κ2) is 12.8. The van der Waals surface area contributed by atoms with E-state index >= 15 is 0 Å². The average Bonchev–Trinajstić information content (AvgIpc) is 3.22. The van der Waals surface area contributed by atoms with Gasteiger partial charge in [0.2, 0.25) is 0 Å². The Labute approximate surface area is 186 Å². The first kappa shape index (κ1) is 22.7. The quantitative estimate of drug-likeness (QED) is 0.329. The van der Waals surface area contributed by atoms with Gasteiger partial charge in [-0.15, -0.1) is 24.0 Å². The number of guanidine groups is 1. The number of halogens is 1. The molecule has 0 radical (unpaired) electrons. The molecule has 1 fully saturated rings. The number of aliphatic imine (C=N–C) groups is 1. The highest BCUT2D eigenvalue weighted by molar-refractivity contribution is 14.0. The third-order valence-electron chi connectivity index (χ3n) is 4.91. The van der Waals surface area contributed by atoms with Crippen LogP contribution in [0, 0.1) is 0 Å². The molecule has 0 saturated carbocycles. The number of piperidine rings is 1.